The molecule has 4 aromatic rings. The Bertz CT molecular complexity index is 1650. The quantitative estimate of drug-likeness (QED) is 0.0934. The van der Waals surface area contributed by atoms with Crippen molar-refractivity contribution in [3.8, 4) is 0 Å². The van der Waals surface area contributed by atoms with Crippen LogP contribution >= 0.6 is 0 Å². The molecular formula is C44H56I4N8. The predicted octanol–water partition coefficient (Wildman–Crippen LogP) is -9.52. The molecule has 0 radical (unpaired) electrons. The van der Waals surface area contributed by atoms with Crippen LogP contribution in [0.25, 0.3) is 0 Å². The summed E-state index contributed by atoms with van der Waals surface area (Å²) in [6.45, 7) is 0. The maximum atomic E-state index is 4.31. The lowest BCUT2D eigenvalue weighted by atomic mass is 9.83. The Morgan fingerprint density at radius 2 is 0.536 bits per heavy atom. The van der Waals surface area contributed by atoms with Crippen LogP contribution in [0.2, 0.25) is 0 Å². The van der Waals surface area contributed by atoms with E-state index < -0.39 is 0 Å². The van der Waals surface area contributed by atoms with Crippen LogP contribution in [0.15, 0.2) is 122 Å². The van der Waals surface area contributed by atoms with Gasteiger partial charge in [-0.3, -0.25) is 0 Å². The summed E-state index contributed by atoms with van der Waals surface area (Å²) in [6, 6.07) is 21.2. The summed E-state index contributed by atoms with van der Waals surface area (Å²) in [5.41, 5.74) is 5.63. The van der Waals surface area contributed by atoms with Gasteiger partial charge in [-0.2, -0.15) is 0 Å². The van der Waals surface area contributed by atoms with E-state index in [4.69, 9.17) is 0 Å². The van der Waals surface area contributed by atoms with Crippen LogP contribution in [-0.2, 0) is 28.2 Å². The van der Waals surface area contributed by atoms with Crippen LogP contribution < -0.4 is 135 Å². The molecule has 4 N–H and O–H groups in total. The molecule has 8 bridgehead atoms. The van der Waals surface area contributed by atoms with Gasteiger partial charge < -0.3 is 117 Å². The molecule has 4 aromatic heterocycles. The maximum Gasteiger partial charge on any atom is 0.168 e. The van der Waals surface area contributed by atoms with Gasteiger partial charge in [0.25, 0.3) is 0 Å². The smallest absolute Gasteiger partial charge is 0.168 e. The molecule has 8 nitrogen and oxygen atoms in total. The summed E-state index contributed by atoms with van der Waals surface area (Å²) in [4.78, 5) is 0. The molecule has 9 heterocycles. The second-order valence-corrected chi connectivity index (χ2v) is 16.4. The molecule has 0 saturated carbocycles. The minimum atomic E-state index is 0. The zero-order valence-electron chi connectivity index (χ0n) is 32.6. The lowest BCUT2D eigenvalue weighted by Crippen LogP contribution is -3.00. The standard InChI is InChI=1S/C44H56N8.4HI/c1-49-21-13-29(14-22-49)41-33-5-7-35(45-33)42(30-15-23-50(2)24-16-30)37-9-11-39(47-37)44(32-19-27-52(4)28-20-32)40-12-10-38(48-40)43(36-8-6-34(41)46-36)31-17-25-51(3)26-18-31;;;;/h5,7,10,12-28,33-48H,6,8-9,11H2,1-4H3;4*1H/q+4;;;;/p-4. The number of aromatic nitrogens is 4. The van der Waals surface area contributed by atoms with Crippen LogP contribution in [0.5, 0.6) is 0 Å². The van der Waals surface area contributed by atoms with Crippen LogP contribution in [0.4, 0.5) is 0 Å². The van der Waals surface area contributed by atoms with Gasteiger partial charge in [-0.1, -0.05) is 24.3 Å². The molecular weight excluding hydrogens is 1150 g/mol. The van der Waals surface area contributed by atoms with Gasteiger partial charge in [-0.15, -0.1) is 0 Å². The molecule has 5 aliphatic rings. The van der Waals surface area contributed by atoms with Crippen molar-refractivity contribution in [3.05, 3.63) is 145 Å². The highest BCUT2D eigenvalue weighted by atomic mass is 127. The number of nitrogens with one attached hydrogen (secondary N) is 4. The normalized spacial score (nSPS) is 32.8. The van der Waals surface area contributed by atoms with E-state index in [0.717, 1.165) is 25.7 Å². The van der Waals surface area contributed by atoms with Gasteiger partial charge in [0.15, 0.2) is 49.6 Å². The molecule has 3 saturated heterocycles. The molecule has 9 rings (SSSR count). The number of aryl methyl sites for hydroxylation is 4. The van der Waals surface area contributed by atoms with Gasteiger partial charge in [0.1, 0.15) is 28.2 Å². The van der Waals surface area contributed by atoms with E-state index in [0.29, 0.717) is 47.8 Å². The molecule has 3 fully saturated rings. The summed E-state index contributed by atoms with van der Waals surface area (Å²) in [7, 11) is 8.46. The molecule has 12 unspecified atom stereocenters. The van der Waals surface area contributed by atoms with Gasteiger partial charge >= 0.3 is 0 Å². The molecule has 0 aliphatic carbocycles. The Morgan fingerprint density at radius 1 is 0.339 bits per heavy atom. The number of pyridine rings is 4. The van der Waals surface area contributed by atoms with Crippen molar-refractivity contribution in [3.63, 3.8) is 0 Å². The van der Waals surface area contributed by atoms with E-state index in [-0.39, 0.29) is 120 Å². The van der Waals surface area contributed by atoms with Crippen molar-refractivity contribution >= 4 is 0 Å². The van der Waals surface area contributed by atoms with Crippen molar-refractivity contribution in [1.82, 2.24) is 21.3 Å². The maximum absolute atomic E-state index is 4.31. The van der Waals surface area contributed by atoms with Gasteiger partial charge in [-0.25, -0.2) is 18.3 Å². The first kappa shape index (κ1) is 45.9. The minimum absolute atomic E-state index is 0. The fourth-order valence-corrected chi connectivity index (χ4v) is 10.5. The van der Waals surface area contributed by atoms with Crippen LogP contribution in [0, 0.1) is 0 Å². The molecule has 12 atom stereocenters. The first-order valence-corrected chi connectivity index (χ1v) is 19.6. The van der Waals surface area contributed by atoms with Crippen molar-refractivity contribution in [2.24, 2.45) is 28.2 Å². The summed E-state index contributed by atoms with van der Waals surface area (Å²) in [6.07, 6.45) is 32.4. The number of fused-ring (bicyclic) bond motifs is 8. The van der Waals surface area contributed by atoms with E-state index in [2.05, 4.69) is 190 Å². The van der Waals surface area contributed by atoms with E-state index in [1.54, 1.807) is 0 Å². The second kappa shape index (κ2) is 19.9. The molecule has 300 valence electrons. The van der Waals surface area contributed by atoms with Gasteiger partial charge in [-0.05, 0) is 47.9 Å². The largest absolute Gasteiger partial charge is 1.00 e. The predicted molar refractivity (Wildman–Crippen MR) is 201 cm³/mol. The highest BCUT2D eigenvalue weighted by molar-refractivity contribution is 5.35. The zero-order valence-corrected chi connectivity index (χ0v) is 41.2. The number of hydrogen-bond acceptors (Lipinski definition) is 4. The number of halogens is 4. The number of rotatable bonds is 4. The Kier molecular flexibility index (Phi) is 16.3. The summed E-state index contributed by atoms with van der Waals surface area (Å²) in [5, 5.41) is 17.1. The van der Waals surface area contributed by atoms with Gasteiger partial charge in [0, 0.05) is 121 Å². The summed E-state index contributed by atoms with van der Waals surface area (Å²) in [5.74, 6) is 1.27. The molecule has 56 heavy (non-hydrogen) atoms. The minimum Gasteiger partial charge on any atom is -1.00 e. The topological polar surface area (TPSA) is 63.6 Å². The molecule has 0 amide bonds. The van der Waals surface area contributed by atoms with Crippen molar-refractivity contribution in [2.45, 2.75) is 97.7 Å². The van der Waals surface area contributed by atoms with Gasteiger partial charge in [0.05, 0.1) is 0 Å². The monoisotopic (exact) mass is 1200 g/mol. The third-order valence-corrected chi connectivity index (χ3v) is 13.1. The van der Waals surface area contributed by atoms with Crippen LogP contribution in [0.3, 0.4) is 0 Å². The van der Waals surface area contributed by atoms with Crippen molar-refractivity contribution < 1.29 is 114 Å². The average molecular weight is 1200 g/mol. The third kappa shape index (κ3) is 9.41. The highest BCUT2D eigenvalue weighted by Crippen LogP contribution is 2.43. The molecule has 0 spiro atoms. The van der Waals surface area contributed by atoms with Crippen molar-refractivity contribution in [1.29, 1.82) is 0 Å². The number of nitrogens with zero attached hydrogens (tertiary/aromatic N) is 4. The SMILES string of the molecule is C[n+]1ccc(C2C3C=CC(N3)C(c3cc[n+](C)cc3)C3CCC(N3)C(c3cc[n+](C)cc3)C3C=CC(N3)C(c3cc[n+](C)cc3)C3CCC2N3)cc1.[I-].[I-].[I-].[I-]. The molecule has 0 aromatic carbocycles. The lowest BCUT2D eigenvalue weighted by molar-refractivity contribution is -0.671. The van der Waals surface area contributed by atoms with Crippen LogP contribution in [-0.4, -0.2) is 48.3 Å². The second-order valence-electron chi connectivity index (χ2n) is 16.4. The zero-order chi connectivity index (χ0) is 35.3. The Morgan fingerprint density at radius 3 is 0.732 bits per heavy atom. The van der Waals surface area contributed by atoms with E-state index in [1.807, 2.05) is 0 Å². The fourth-order valence-electron chi connectivity index (χ4n) is 10.5. The van der Waals surface area contributed by atoms with Gasteiger partial charge in [0.2, 0.25) is 0 Å². The number of hydrogen-bond donors (Lipinski definition) is 4. The summed E-state index contributed by atoms with van der Waals surface area (Å²) < 4.78 is 8.61. The molecule has 12 heteroatoms. The first-order valence-electron chi connectivity index (χ1n) is 19.6. The average Bonchev–Trinajstić information content (AvgIpc) is 3.99. The van der Waals surface area contributed by atoms with Crippen LogP contribution in [0.1, 0.15) is 71.6 Å². The van der Waals surface area contributed by atoms with Crippen molar-refractivity contribution in [2.75, 3.05) is 0 Å². The Balaban J connectivity index is 0.00000150. The molecule has 5 aliphatic heterocycles. The van der Waals surface area contributed by atoms with E-state index in [1.165, 1.54) is 22.3 Å². The third-order valence-electron chi connectivity index (χ3n) is 13.1. The fraction of sp³-hybridized carbons (Fsp3) is 0.455. The van der Waals surface area contributed by atoms with E-state index in [9.17, 15) is 0 Å². The van der Waals surface area contributed by atoms with E-state index >= 15 is 0 Å². The highest BCUT2D eigenvalue weighted by Gasteiger charge is 2.47. The Labute approximate surface area is 401 Å². The summed E-state index contributed by atoms with van der Waals surface area (Å²) >= 11 is 0. The lowest BCUT2D eigenvalue weighted by Gasteiger charge is -2.37. The first-order chi connectivity index (χ1) is 25.4. The Hall–Kier alpha value is -1.16.